The van der Waals surface area contributed by atoms with Crippen LogP contribution in [-0.2, 0) is 65.4 Å². The van der Waals surface area contributed by atoms with E-state index in [9.17, 15) is 43.2 Å². The third-order valence-corrected chi connectivity index (χ3v) is 20.1. The first-order valence-electron chi connectivity index (χ1n) is 39.9. The fourth-order valence-corrected chi connectivity index (χ4v) is 13.3. The molecule has 96 heavy (non-hydrogen) atoms. The predicted molar refractivity (Wildman–Crippen MR) is 391 cm³/mol. The minimum absolute atomic E-state index is 0.104. The fourth-order valence-electron chi connectivity index (χ4n) is 11.7. The highest BCUT2D eigenvalue weighted by molar-refractivity contribution is 7.47. The first kappa shape index (κ1) is 94.1. The Balaban J connectivity index is 5.24. The van der Waals surface area contributed by atoms with E-state index in [1.807, 2.05) is 0 Å². The van der Waals surface area contributed by atoms with E-state index in [1.54, 1.807) is 0 Å². The Kier molecular flexibility index (Phi) is 66.2. The summed E-state index contributed by atoms with van der Waals surface area (Å²) in [4.78, 5) is 72.8. The van der Waals surface area contributed by atoms with Crippen molar-refractivity contribution >= 4 is 39.5 Å². The molecule has 0 fully saturated rings. The number of phosphoric acid groups is 2. The van der Waals surface area contributed by atoms with Crippen LogP contribution in [0.2, 0.25) is 0 Å². The number of phosphoric ester groups is 2. The van der Waals surface area contributed by atoms with Gasteiger partial charge in [-0.1, -0.05) is 344 Å². The van der Waals surface area contributed by atoms with Crippen molar-refractivity contribution in [2.45, 2.75) is 414 Å². The van der Waals surface area contributed by atoms with Gasteiger partial charge in [0.25, 0.3) is 0 Å². The number of rotatable bonds is 75. The molecule has 6 atom stereocenters. The molecule has 17 nitrogen and oxygen atoms in total. The second-order valence-electron chi connectivity index (χ2n) is 28.9. The highest BCUT2D eigenvalue weighted by Crippen LogP contribution is 2.45. The van der Waals surface area contributed by atoms with Crippen LogP contribution in [0.4, 0.5) is 0 Å². The van der Waals surface area contributed by atoms with Crippen molar-refractivity contribution < 1.29 is 80.2 Å². The molecular weight excluding hydrogens is 1260 g/mol. The molecular formula is C77H150O17P2. The molecule has 0 rings (SSSR count). The summed E-state index contributed by atoms with van der Waals surface area (Å²) in [5, 5.41) is 10.6. The zero-order chi connectivity index (χ0) is 70.9. The van der Waals surface area contributed by atoms with Crippen molar-refractivity contribution in [2.75, 3.05) is 39.6 Å². The van der Waals surface area contributed by atoms with Gasteiger partial charge in [-0.15, -0.1) is 0 Å². The molecule has 0 radical (unpaired) electrons. The van der Waals surface area contributed by atoms with Crippen LogP contribution in [0.1, 0.15) is 395 Å². The van der Waals surface area contributed by atoms with Gasteiger partial charge in [0.2, 0.25) is 0 Å². The number of unbranched alkanes of at least 4 members (excludes halogenated alkanes) is 42. The van der Waals surface area contributed by atoms with Gasteiger partial charge in [0, 0.05) is 25.7 Å². The Morgan fingerprint density at radius 2 is 0.531 bits per heavy atom. The summed E-state index contributed by atoms with van der Waals surface area (Å²) in [6.07, 6.45) is 54.2. The molecule has 0 saturated carbocycles. The third kappa shape index (κ3) is 69.2. The lowest BCUT2D eigenvalue weighted by atomic mass is 10.00. The van der Waals surface area contributed by atoms with E-state index in [-0.39, 0.29) is 25.7 Å². The maximum absolute atomic E-state index is 13.1. The SMILES string of the molecule is CCCCCCCCCCCCCCCCCCCCC(=O)O[C@H](COC(=O)CCCCCCCCCCCCCCCC(C)C)COP(=O)(O)OC[C@@H](O)COP(=O)(O)OC[C@@H](COC(=O)CCCCCCCCC(C)CC)OC(=O)CCCCCCCCCCCC(C)C. The van der Waals surface area contributed by atoms with Gasteiger partial charge in [-0.3, -0.25) is 37.3 Å². The predicted octanol–water partition coefficient (Wildman–Crippen LogP) is 22.6. The van der Waals surface area contributed by atoms with Gasteiger partial charge in [-0.2, -0.15) is 0 Å². The summed E-state index contributed by atoms with van der Waals surface area (Å²) in [6.45, 7) is 11.9. The molecule has 0 aliphatic rings. The van der Waals surface area contributed by atoms with E-state index >= 15 is 0 Å². The molecule has 570 valence electrons. The van der Waals surface area contributed by atoms with Crippen LogP contribution in [0.5, 0.6) is 0 Å². The number of hydrogen-bond donors (Lipinski definition) is 3. The number of esters is 4. The molecule has 3 unspecified atom stereocenters. The molecule has 0 aliphatic carbocycles. The van der Waals surface area contributed by atoms with Crippen LogP contribution in [0.25, 0.3) is 0 Å². The Hall–Kier alpha value is -1.94. The van der Waals surface area contributed by atoms with Gasteiger partial charge in [-0.05, 0) is 43.4 Å². The summed E-state index contributed by atoms with van der Waals surface area (Å²) in [5.74, 6) is 0.140. The molecule has 3 N–H and O–H groups in total. The molecule has 0 aromatic carbocycles. The zero-order valence-electron chi connectivity index (χ0n) is 62.8. The van der Waals surface area contributed by atoms with Gasteiger partial charge in [0.1, 0.15) is 19.3 Å². The van der Waals surface area contributed by atoms with Crippen LogP contribution < -0.4 is 0 Å². The Bertz CT molecular complexity index is 1870. The number of aliphatic hydroxyl groups excluding tert-OH is 1. The minimum atomic E-state index is -4.96. The molecule has 0 aromatic heterocycles. The van der Waals surface area contributed by atoms with Gasteiger partial charge in [0.15, 0.2) is 12.2 Å². The molecule has 0 aromatic rings. The van der Waals surface area contributed by atoms with E-state index in [1.165, 1.54) is 199 Å². The zero-order valence-corrected chi connectivity index (χ0v) is 64.6. The van der Waals surface area contributed by atoms with Gasteiger partial charge in [0.05, 0.1) is 26.4 Å². The lowest BCUT2D eigenvalue weighted by molar-refractivity contribution is -0.161. The van der Waals surface area contributed by atoms with Crippen molar-refractivity contribution in [1.82, 2.24) is 0 Å². The van der Waals surface area contributed by atoms with Crippen LogP contribution in [0, 0.1) is 17.8 Å². The largest absolute Gasteiger partial charge is 0.472 e. The molecule has 0 saturated heterocycles. The number of hydrogen-bond acceptors (Lipinski definition) is 15. The molecule has 0 heterocycles. The van der Waals surface area contributed by atoms with Crippen LogP contribution in [0.3, 0.4) is 0 Å². The van der Waals surface area contributed by atoms with Crippen molar-refractivity contribution in [3.63, 3.8) is 0 Å². The fraction of sp³-hybridized carbons (Fsp3) is 0.948. The number of carbonyl (C=O) groups is 4. The third-order valence-electron chi connectivity index (χ3n) is 18.2. The van der Waals surface area contributed by atoms with E-state index in [2.05, 4.69) is 48.5 Å². The normalized spacial score (nSPS) is 14.3. The molecule has 0 bridgehead atoms. The minimum Gasteiger partial charge on any atom is -0.462 e. The van der Waals surface area contributed by atoms with E-state index in [4.69, 9.17) is 37.0 Å². The van der Waals surface area contributed by atoms with E-state index in [0.29, 0.717) is 25.7 Å². The Morgan fingerprint density at radius 3 is 0.792 bits per heavy atom. The highest BCUT2D eigenvalue weighted by atomic mass is 31.2. The van der Waals surface area contributed by atoms with E-state index in [0.717, 1.165) is 114 Å². The first-order chi connectivity index (χ1) is 46.3. The second-order valence-corrected chi connectivity index (χ2v) is 31.8. The van der Waals surface area contributed by atoms with Crippen LogP contribution in [-0.4, -0.2) is 96.7 Å². The van der Waals surface area contributed by atoms with Crippen molar-refractivity contribution in [1.29, 1.82) is 0 Å². The molecule has 19 heteroatoms. The number of carbonyl (C=O) groups excluding carboxylic acids is 4. The second kappa shape index (κ2) is 67.5. The highest BCUT2D eigenvalue weighted by Gasteiger charge is 2.30. The number of aliphatic hydroxyl groups is 1. The topological polar surface area (TPSA) is 237 Å². The van der Waals surface area contributed by atoms with Gasteiger partial charge in [-0.25, -0.2) is 9.13 Å². The van der Waals surface area contributed by atoms with E-state index < -0.39 is 97.5 Å². The first-order valence-corrected chi connectivity index (χ1v) is 42.9. The average molecular weight is 1410 g/mol. The standard InChI is InChI=1S/C77H150O17P2/c1-8-10-11-12-13-14-15-16-17-18-19-20-23-27-32-37-46-53-60-76(81)93-72(64-87-74(79)58-51-44-36-31-26-24-21-22-25-29-34-41-48-55-68(3)4)66-91-95(83,84)89-62-71(78)63-90-96(85,86)92-67-73(65-88-75(80)59-52-45-40-39-43-50-57-70(7)9-2)94-77(82)61-54-47-38-33-28-30-35-42-49-56-69(5)6/h68-73,78H,8-67H2,1-7H3,(H,83,84)(H,85,86)/t70?,71-,72-,73-/m1/s1. The summed E-state index contributed by atoms with van der Waals surface area (Å²) < 4.78 is 68.6. The monoisotopic (exact) mass is 1410 g/mol. The molecule has 0 aliphatic heterocycles. The summed E-state index contributed by atoms with van der Waals surface area (Å²) in [5.41, 5.74) is 0. The summed E-state index contributed by atoms with van der Waals surface area (Å²) >= 11 is 0. The maximum Gasteiger partial charge on any atom is 0.472 e. The van der Waals surface area contributed by atoms with Crippen LogP contribution in [0.15, 0.2) is 0 Å². The average Bonchev–Trinajstić information content (AvgIpc) is 1.18. The quantitative estimate of drug-likeness (QED) is 0.0222. The van der Waals surface area contributed by atoms with Gasteiger partial charge >= 0.3 is 39.5 Å². The molecule has 0 spiro atoms. The maximum atomic E-state index is 13.1. The summed E-state index contributed by atoms with van der Waals surface area (Å²) in [6, 6.07) is 0. The van der Waals surface area contributed by atoms with Crippen molar-refractivity contribution in [2.24, 2.45) is 17.8 Å². The van der Waals surface area contributed by atoms with Crippen molar-refractivity contribution in [3.05, 3.63) is 0 Å². The smallest absolute Gasteiger partial charge is 0.462 e. The van der Waals surface area contributed by atoms with Gasteiger partial charge < -0.3 is 33.8 Å². The lowest BCUT2D eigenvalue weighted by Gasteiger charge is -2.21. The van der Waals surface area contributed by atoms with Crippen LogP contribution >= 0.6 is 15.6 Å². The Morgan fingerprint density at radius 1 is 0.302 bits per heavy atom. The molecule has 0 amide bonds. The lowest BCUT2D eigenvalue weighted by Crippen LogP contribution is -2.30. The summed E-state index contributed by atoms with van der Waals surface area (Å²) in [7, 11) is -9.91. The number of ether oxygens (including phenoxy) is 4. The van der Waals surface area contributed by atoms with Crippen molar-refractivity contribution in [3.8, 4) is 0 Å². The Labute approximate surface area is 588 Å².